The van der Waals surface area contributed by atoms with E-state index in [1.54, 1.807) is 38.3 Å². The van der Waals surface area contributed by atoms with Crippen molar-refractivity contribution in [3.05, 3.63) is 47.8 Å². The van der Waals surface area contributed by atoms with Gasteiger partial charge in [-0.05, 0) is 31.2 Å². The SMILES string of the molecule is COc1ccc(Nc2cccc(F)c2C)c(N)c1. The zero-order chi connectivity index (χ0) is 13.1. The van der Waals surface area contributed by atoms with E-state index in [1.807, 2.05) is 6.07 Å². The highest BCUT2D eigenvalue weighted by Gasteiger charge is 2.06. The molecule has 94 valence electrons. The molecule has 0 radical (unpaired) electrons. The summed E-state index contributed by atoms with van der Waals surface area (Å²) < 4.78 is 18.5. The van der Waals surface area contributed by atoms with Gasteiger partial charge in [0.1, 0.15) is 11.6 Å². The normalized spacial score (nSPS) is 10.2. The summed E-state index contributed by atoms with van der Waals surface area (Å²) in [7, 11) is 1.58. The molecule has 0 aliphatic heterocycles. The van der Waals surface area contributed by atoms with E-state index in [4.69, 9.17) is 10.5 Å². The Hall–Kier alpha value is -2.23. The summed E-state index contributed by atoms with van der Waals surface area (Å²) in [5.41, 5.74) is 8.44. The van der Waals surface area contributed by atoms with Crippen LogP contribution >= 0.6 is 0 Å². The van der Waals surface area contributed by atoms with E-state index >= 15 is 0 Å². The molecule has 0 saturated carbocycles. The number of rotatable bonds is 3. The number of methoxy groups -OCH3 is 1. The molecular formula is C14H15FN2O. The maximum atomic E-state index is 13.4. The van der Waals surface area contributed by atoms with Gasteiger partial charge in [0.15, 0.2) is 0 Å². The lowest BCUT2D eigenvalue weighted by atomic mass is 10.1. The van der Waals surface area contributed by atoms with Crippen LogP contribution in [0.4, 0.5) is 21.5 Å². The third kappa shape index (κ3) is 2.37. The molecule has 0 aliphatic carbocycles. The van der Waals surface area contributed by atoms with Crippen LogP contribution in [0.15, 0.2) is 36.4 Å². The van der Waals surface area contributed by atoms with Crippen molar-refractivity contribution in [2.45, 2.75) is 6.92 Å². The Morgan fingerprint density at radius 2 is 1.94 bits per heavy atom. The lowest BCUT2D eigenvalue weighted by Crippen LogP contribution is -1.99. The molecule has 2 rings (SSSR count). The largest absolute Gasteiger partial charge is 0.497 e. The Morgan fingerprint density at radius 1 is 1.17 bits per heavy atom. The maximum Gasteiger partial charge on any atom is 0.128 e. The molecule has 0 saturated heterocycles. The monoisotopic (exact) mass is 246 g/mol. The summed E-state index contributed by atoms with van der Waals surface area (Å²) in [5, 5.41) is 3.11. The van der Waals surface area contributed by atoms with Crippen LogP contribution in [0.5, 0.6) is 5.75 Å². The fraction of sp³-hybridized carbons (Fsp3) is 0.143. The minimum atomic E-state index is -0.243. The zero-order valence-electron chi connectivity index (χ0n) is 10.3. The van der Waals surface area contributed by atoms with Gasteiger partial charge in [0.25, 0.3) is 0 Å². The van der Waals surface area contributed by atoms with Gasteiger partial charge in [-0.25, -0.2) is 4.39 Å². The predicted molar refractivity (Wildman–Crippen MR) is 71.8 cm³/mol. The molecule has 0 heterocycles. The first kappa shape index (κ1) is 12.2. The van der Waals surface area contributed by atoms with Crippen LogP contribution in [0.3, 0.4) is 0 Å². The second-order valence-electron chi connectivity index (χ2n) is 3.99. The van der Waals surface area contributed by atoms with Crippen LogP contribution in [0, 0.1) is 12.7 Å². The molecule has 0 unspecified atom stereocenters. The van der Waals surface area contributed by atoms with E-state index in [0.717, 1.165) is 5.69 Å². The third-order valence-electron chi connectivity index (χ3n) is 2.80. The summed E-state index contributed by atoms with van der Waals surface area (Å²) in [4.78, 5) is 0. The van der Waals surface area contributed by atoms with Crippen molar-refractivity contribution in [2.24, 2.45) is 0 Å². The molecule has 0 aliphatic rings. The summed E-state index contributed by atoms with van der Waals surface area (Å²) in [6, 6.07) is 10.2. The van der Waals surface area contributed by atoms with Crippen LogP contribution in [0.1, 0.15) is 5.56 Å². The summed E-state index contributed by atoms with van der Waals surface area (Å²) in [6.45, 7) is 1.72. The topological polar surface area (TPSA) is 47.3 Å². The number of nitrogens with two attached hydrogens (primary N) is 1. The lowest BCUT2D eigenvalue weighted by molar-refractivity contribution is 0.415. The Kier molecular flexibility index (Phi) is 3.37. The molecule has 18 heavy (non-hydrogen) atoms. The Bertz CT molecular complexity index is 570. The zero-order valence-corrected chi connectivity index (χ0v) is 10.3. The summed E-state index contributed by atoms with van der Waals surface area (Å²) in [5.74, 6) is 0.445. The Morgan fingerprint density at radius 3 is 2.61 bits per heavy atom. The molecule has 0 atom stereocenters. The van der Waals surface area contributed by atoms with E-state index in [-0.39, 0.29) is 5.82 Å². The standard InChI is InChI=1S/C14H15FN2O/c1-9-11(15)4-3-5-13(9)17-14-7-6-10(18-2)8-12(14)16/h3-8,17H,16H2,1-2H3. The van der Waals surface area contributed by atoms with Gasteiger partial charge in [-0.2, -0.15) is 0 Å². The van der Waals surface area contributed by atoms with Gasteiger partial charge in [-0.3, -0.25) is 0 Å². The first-order valence-corrected chi connectivity index (χ1v) is 5.57. The molecule has 0 fully saturated rings. The molecule has 4 heteroatoms. The van der Waals surface area contributed by atoms with Gasteiger partial charge in [0, 0.05) is 17.3 Å². The maximum absolute atomic E-state index is 13.4. The number of halogens is 1. The summed E-state index contributed by atoms with van der Waals surface area (Å²) >= 11 is 0. The van der Waals surface area contributed by atoms with Crippen LogP contribution in [-0.2, 0) is 0 Å². The first-order valence-electron chi connectivity index (χ1n) is 5.57. The van der Waals surface area contributed by atoms with Crippen LogP contribution in [0.2, 0.25) is 0 Å². The van der Waals surface area contributed by atoms with Crippen molar-refractivity contribution in [3.63, 3.8) is 0 Å². The van der Waals surface area contributed by atoms with Gasteiger partial charge in [-0.1, -0.05) is 6.07 Å². The van der Waals surface area contributed by atoms with Crippen molar-refractivity contribution in [1.82, 2.24) is 0 Å². The number of nitrogens with one attached hydrogen (secondary N) is 1. The van der Waals surface area contributed by atoms with E-state index < -0.39 is 0 Å². The molecule has 0 bridgehead atoms. The van der Waals surface area contributed by atoms with Crippen LogP contribution in [-0.4, -0.2) is 7.11 Å². The molecule has 3 nitrogen and oxygen atoms in total. The summed E-state index contributed by atoms with van der Waals surface area (Å²) in [6.07, 6.45) is 0. The van der Waals surface area contributed by atoms with Crippen molar-refractivity contribution in [2.75, 3.05) is 18.2 Å². The molecule has 2 aromatic rings. The van der Waals surface area contributed by atoms with Crippen molar-refractivity contribution >= 4 is 17.1 Å². The van der Waals surface area contributed by atoms with Crippen molar-refractivity contribution < 1.29 is 9.13 Å². The number of hydrogen-bond donors (Lipinski definition) is 2. The highest BCUT2D eigenvalue weighted by Crippen LogP contribution is 2.29. The Labute approximate surface area is 105 Å². The third-order valence-corrected chi connectivity index (χ3v) is 2.80. The van der Waals surface area contributed by atoms with E-state index in [2.05, 4.69) is 5.32 Å². The Balaban J connectivity index is 2.31. The smallest absolute Gasteiger partial charge is 0.128 e. The second kappa shape index (κ2) is 4.96. The number of nitrogen functional groups attached to an aromatic ring is 1. The molecule has 0 amide bonds. The van der Waals surface area contributed by atoms with Crippen molar-refractivity contribution in [1.29, 1.82) is 0 Å². The predicted octanol–water partition coefficient (Wildman–Crippen LogP) is 3.47. The van der Waals surface area contributed by atoms with Crippen LogP contribution < -0.4 is 15.8 Å². The van der Waals surface area contributed by atoms with Crippen LogP contribution in [0.25, 0.3) is 0 Å². The highest BCUT2D eigenvalue weighted by atomic mass is 19.1. The number of benzene rings is 2. The van der Waals surface area contributed by atoms with Gasteiger partial charge < -0.3 is 15.8 Å². The van der Waals surface area contributed by atoms with Gasteiger partial charge in [-0.15, -0.1) is 0 Å². The lowest BCUT2D eigenvalue weighted by Gasteiger charge is -2.13. The number of ether oxygens (including phenoxy) is 1. The number of hydrogen-bond acceptors (Lipinski definition) is 3. The fourth-order valence-corrected chi connectivity index (χ4v) is 1.67. The first-order chi connectivity index (χ1) is 8.61. The average Bonchev–Trinajstić information content (AvgIpc) is 2.37. The second-order valence-corrected chi connectivity index (χ2v) is 3.99. The van der Waals surface area contributed by atoms with Gasteiger partial charge >= 0.3 is 0 Å². The molecule has 0 spiro atoms. The minimum Gasteiger partial charge on any atom is -0.497 e. The number of anilines is 3. The minimum absolute atomic E-state index is 0.243. The fourth-order valence-electron chi connectivity index (χ4n) is 1.67. The van der Waals surface area contributed by atoms with Crippen molar-refractivity contribution in [3.8, 4) is 5.75 Å². The molecular weight excluding hydrogens is 231 g/mol. The van der Waals surface area contributed by atoms with Gasteiger partial charge in [0.05, 0.1) is 18.5 Å². The van der Waals surface area contributed by atoms with Gasteiger partial charge in [0.2, 0.25) is 0 Å². The quantitative estimate of drug-likeness (QED) is 0.815. The molecule has 3 N–H and O–H groups in total. The van der Waals surface area contributed by atoms with E-state index in [0.29, 0.717) is 22.7 Å². The average molecular weight is 246 g/mol. The highest BCUT2D eigenvalue weighted by molar-refractivity contribution is 5.75. The van der Waals surface area contributed by atoms with E-state index in [1.165, 1.54) is 6.07 Å². The van der Waals surface area contributed by atoms with E-state index in [9.17, 15) is 4.39 Å². The molecule has 0 aromatic heterocycles. The molecule has 2 aromatic carbocycles.